The molecule has 2 heterocycles. The predicted octanol–water partition coefficient (Wildman–Crippen LogP) is 2.06. The van der Waals surface area contributed by atoms with E-state index in [4.69, 9.17) is 5.73 Å². The Labute approximate surface area is 163 Å². The zero-order chi connectivity index (χ0) is 20.4. The maximum atomic E-state index is 15.2. The summed E-state index contributed by atoms with van der Waals surface area (Å²) in [6.45, 7) is 6.67. The lowest BCUT2D eigenvalue weighted by Gasteiger charge is -2.35. The molecule has 0 bridgehead atoms. The minimum Gasteiger partial charge on any atom is -0.369 e. The molecule has 7 heteroatoms. The number of anilines is 1. The molecule has 1 fully saturated rings. The molecule has 2 amide bonds. The molecule has 2 aromatic rings. The highest BCUT2D eigenvalue weighted by Gasteiger charge is 2.27. The van der Waals surface area contributed by atoms with Gasteiger partial charge in [-0.3, -0.25) is 9.59 Å². The third-order valence-electron chi connectivity index (χ3n) is 5.26. The zero-order valence-corrected chi connectivity index (χ0v) is 16.4. The van der Waals surface area contributed by atoms with E-state index in [2.05, 4.69) is 22.1 Å². The quantitative estimate of drug-likeness (QED) is 0.705. The van der Waals surface area contributed by atoms with Gasteiger partial charge in [0.05, 0.1) is 17.6 Å². The highest BCUT2D eigenvalue weighted by Crippen LogP contribution is 2.37. The van der Waals surface area contributed by atoms with Gasteiger partial charge in [0.25, 0.3) is 5.91 Å². The van der Waals surface area contributed by atoms with E-state index < -0.39 is 5.91 Å². The van der Waals surface area contributed by atoms with Crippen LogP contribution in [-0.4, -0.2) is 35.9 Å². The molecule has 0 aliphatic carbocycles. The predicted molar refractivity (Wildman–Crippen MR) is 107 cm³/mol. The Balaban J connectivity index is 2.02. The van der Waals surface area contributed by atoms with Crippen molar-refractivity contribution in [1.29, 1.82) is 0 Å². The lowest BCUT2D eigenvalue weighted by molar-refractivity contribution is -0.117. The summed E-state index contributed by atoms with van der Waals surface area (Å²) in [5, 5.41) is 3.67. The first-order valence-corrected chi connectivity index (χ1v) is 9.38. The molecule has 28 heavy (non-hydrogen) atoms. The number of aromatic amines is 1. The van der Waals surface area contributed by atoms with Crippen LogP contribution in [0.3, 0.4) is 0 Å². The SMILES string of the molecule is CC#CC(=O)N[C@H]1CCCN(c2c(F)cc(CC(N)=O)c3[nH]c(C)c(C)c23)C1. The molecule has 1 aliphatic heterocycles. The number of fused-ring (bicyclic) bond motifs is 1. The van der Waals surface area contributed by atoms with Crippen LogP contribution in [0.2, 0.25) is 0 Å². The van der Waals surface area contributed by atoms with Gasteiger partial charge < -0.3 is 20.9 Å². The van der Waals surface area contributed by atoms with Gasteiger partial charge in [0.1, 0.15) is 5.82 Å². The first kappa shape index (κ1) is 19.7. The van der Waals surface area contributed by atoms with Gasteiger partial charge in [0, 0.05) is 30.2 Å². The highest BCUT2D eigenvalue weighted by atomic mass is 19.1. The summed E-state index contributed by atoms with van der Waals surface area (Å²) in [6.07, 6.45) is 1.63. The molecule has 0 radical (unpaired) electrons. The van der Waals surface area contributed by atoms with Crippen LogP contribution >= 0.6 is 0 Å². The second-order valence-corrected chi connectivity index (χ2v) is 7.27. The molecular weight excluding hydrogens is 359 g/mol. The number of halogens is 1. The number of carbonyl (C=O) groups is 2. The third kappa shape index (κ3) is 3.81. The Morgan fingerprint density at radius 2 is 2.18 bits per heavy atom. The number of piperidine rings is 1. The van der Waals surface area contributed by atoms with Crippen molar-refractivity contribution in [3.05, 3.63) is 28.7 Å². The first-order chi connectivity index (χ1) is 13.3. The number of primary amides is 1. The number of aryl methyl sites for hydroxylation is 2. The van der Waals surface area contributed by atoms with Crippen LogP contribution in [0.25, 0.3) is 10.9 Å². The smallest absolute Gasteiger partial charge is 0.296 e. The molecule has 0 spiro atoms. The van der Waals surface area contributed by atoms with Gasteiger partial charge in [-0.2, -0.15) is 0 Å². The fourth-order valence-corrected chi connectivity index (χ4v) is 3.94. The Hall–Kier alpha value is -3.01. The maximum absolute atomic E-state index is 15.2. The largest absolute Gasteiger partial charge is 0.369 e. The summed E-state index contributed by atoms with van der Waals surface area (Å²) < 4.78 is 15.2. The Morgan fingerprint density at radius 3 is 2.86 bits per heavy atom. The fourth-order valence-electron chi connectivity index (χ4n) is 3.94. The van der Waals surface area contributed by atoms with Gasteiger partial charge in [0.2, 0.25) is 5.91 Å². The van der Waals surface area contributed by atoms with Crippen molar-refractivity contribution in [2.24, 2.45) is 5.73 Å². The minimum absolute atomic E-state index is 0.0263. The fraction of sp³-hybridized carbons (Fsp3) is 0.429. The van der Waals surface area contributed by atoms with Crippen molar-refractivity contribution in [3.8, 4) is 11.8 Å². The van der Waals surface area contributed by atoms with E-state index in [1.165, 1.54) is 6.07 Å². The number of nitrogens with zero attached hydrogens (tertiary/aromatic N) is 1. The summed E-state index contributed by atoms with van der Waals surface area (Å²) >= 11 is 0. The van der Waals surface area contributed by atoms with Crippen molar-refractivity contribution in [3.63, 3.8) is 0 Å². The van der Waals surface area contributed by atoms with Gasteiger partial charge in [-0.05, 0) is 56.7 Å². The number of carbonyl (C=O) groups excluding carboxylic acids is 2. The summed E-state index contributed by atoms with van der Waals surface area (Å²) in [4.78, 5) is 28.5. The summed E-state index contributed by atoms with van der Waals surface area (Å²) in [6, 6.07) is 1.30. The van der Waals surface area contributed by atoms with Crippen molar-refractivity contribution in [2.45, 2.75) is 46.1 Å². The molecule has 0 saturated carbocycles. The average molecular weight is 384 g/mol. The molecule has 148 valence electrons. The molecular formula is C21H25FN4O2. The zero-order valence-electron chi connectivity index (χ0n) is 16.4. The molecule has 1 saturated heterocycles. The summed E-state index contributed by atoms with van der Waals surface area (Å²) in [7, 11) is 0. The van der Waals surface area contributed by atoms with Crippen LogP contribution in [0.4, 0.5) is 10.1 Å². The van der Waals surface area contributed by atoms with Crippen molar-refractivity contribution >= 4 is 28.4 Å². The number of nitrogens with one attached hydrogen (secondary N) is 2. The standard InChI is InChI=1S/C21H25FN4O2/c1-4-6-18(28)25-15-7-5-8-26(11-15)21-16(22)9-14(10-17(23)27)20-19(21)12(2)13(3)24-20/h9,15,24H,5,7-8,10-11H2,1-3H3,(H2,23,27)(H,25,28)/t15-/m0/s1. The topological polar surface area (TPSA) is 91.2 Å². The number of hydrogen-bond acceptors (Lipinski definition) is 3. The van der Waals surface area contributed by atoms with Crippen LogP contribution in [-0.2, 0) is 16.0 Å². The van der Waals surface area contributed by atoms with Gasteiger partial charge in [0.15, 0.2) is 0 Å². The number of hydrogen-bond donors (Lipinski definition) is 3. The van der Waals surface area contributed by atoms with Crippen LogP contribution < -0.4 is 16.0 Å². The lowest BCUT2D eigenvalue weighted by atomic mass is 9.99. The molecule has 4 N–H and O–H groups in total. The molecule has 6 nitrogen and oxygen atoms in total. The second kappa shape index (κ2) is 7.93. The maximum Gasteiger partial charge on any atom is 0.296 e. The Kier molecular flexibility index (Phi) is 5.59. The monoisotopic (exact) mass is 384 g/mol. The van der Waals surface area contributed by atoms with E-state index in [0.717, 1.165) is 35.0 Å². The summed E-state index contributed by atoms with van der Waals surface area (Å²) in [5.74, 6) is 3.87. The average Bonchev–Trinajstić information content (AvgIpc) is 2.91. The van der Waals surface area contributed by atoms with Crippen molar-refractivity contribution < 1.29 is 14.0 Å². The van der Waals surface area contributed by atoms with E-state index in [-0.39, 0.29) is 24.2 Å². The molecule has 1 atom stereocenters. The normalized spacial score (nSPS) is 16.6. The molecule has 1 aromatic heterocycles. The van der Waals surface area contributed by atoms with Gasteiger partial charge in [-0.15, -0.1) is 0 Å². The van der Waals surface area contributed by atoms with E-state index >= 15 is 4.39 Å². The van der Waals surface area contributed by atoms with E-state index in [1.807, 2.05) is 18.7 Å². The van der Waals surface area contributed by atoms with E-state index in [0.29, 0.717) is 24.3 Å². The number of H-pyrrole nitrogens is 1. The van der Waals surface area contributed by atoms with Crippen molar-refractivity contribution in [2.75, 3.05) is 18.0 Å². The molecule has 3 rings (SSSR count). The van der Waals surface area contributed by atoms with Crippen LogP contribution in [0.15, 0.2) is 6.07 Å². The molecule has 0 unspecified atom stereocenters. The van der Waals surface area contributed by atoms with E-state index in [1.54, 1.807) is 6.92 Å². The number of amides is 2. The van der Waals surface area contributed by atoms with Gasteiger partial charge in [-0.1, -0.05) is 5.92 Å². The van der Waals surface area contributed by atoms with Gasteiger partial charge in [-0.25, -0.2) is 4.39 Å². The second-order valence-electron chi connectivity index (χ2n) is 7.27. The summed E-state index contributed by atoms with van der Waals surface area (Å²) in [5.41, 5.74) is 9.01. The van der Waals surface area contributed by atoms with Crippen LogP contribution in [0, 0.1) is 31.5 Å². The highest BCUT2D eigenvalue weighted by molar-refractivity contribution is 6.00. The molecule has 1 aromatic carbocycles. The Bertz CT molecular complexity index is 999. The minimum atomic E-state index is -0.504. The first-order valence-electron chi connectivity index (χ1n) is 9.38. The van der Waals surface area contributed by atoms with Crippen LogP contribution in [0.1, 0.15) is 36.6 Å². The lowest BCUT2D eigenvalue weighted by Crippen LogP contribution is -2.47. The van der Waals surface area contributed by atoms with E-state index in [9.17, 15) is 9.59 Å². The number of benzene rings is 1. The Morgan fingerprint density at radius 1 is 1.43 bits per heavy atom. The number of nitrogens with two attached hydrogens (primary N) is 1. The number of rotatable bonds is 4. The van der Waals surface area contributed by atoms with Crippen LogP contribution in [0.5, 0.6) is 0 Å². The number of aromatic nitrogens is 1. The van der Waals surface area contributed by atoms with Gasteiger partial charge >= 0.3 is 0 Å². The third-order valence-corrected chi connectivity index (χ3v) is 5.26. The van der Waals surface area contributed by atoms with Crippen molar-refractivity contribution in [1.82, 2.24) is 10.3 Å². The molecule has 1 aliphatic rings.